The lowest BCUT2D eigenvalue weighted by Crippen LogP contribution is -2.39. The smallest absolute Gasteiger partial charge is 0.258 e. The predicted octanol–water partition coefficient (Wildman–Crippen LogP) is 2.78. The quantitative estimate of drug-likeness (QED) is 0.760. The molecule has 0 aromatic heterocycles. The molecular formula is C20H23NO5S. The minimum atomic E-state index is -3.47. The van der Waals surface area contributed by atoms with Crippen LogP contribution < -0.4 is 9.47 Å². The molecule has 3 rings (SSSR count). The lowest BCUT2D eigenvalue weighted by Gasteiger charge is -2.25. The van der Waals surface area contributed by atoms with Crippen molar-refractivity contribution in [1.29, 1.82) is 0 Å². The molecule has 2 aromatic carbocycles. The van der Waals surface area contributed by atoms with Crippen LogP contribution in [0.15, 0.2) is 53.4 Å². The first-order valence-corrected chi connectivity index (χ1v) is 10.4. The molecule has 0 spiro atoms. The van der Waals surface area contributed by atoms with E-state index in [1.54, 1.807) is 53.4 Å². The Morgan fingerprint density at radius 1 is 1.07 bits per heavy atom. The largest absolute Gasteiger partial charge is 0.493 e. The third-order valence-electron chi connectivity index (χ3n) is 4.79. The van der Waals surface area contributed by atoms with Gasteiger partial charge in [-0.1, -0.05) is 24.3 Å². The van der Waals surface area contributed by atoms with Gasteiger partial charge in [0.1, 0.15) is 0 Å². The van der Waals surface area contributed by atoms with Gasteiger partial charge >= 0.3 is 0 Å². The Labute approximate surface area is 159 Å². The number of likely N-dealkylation sites (tertiary alicyclic amines) is 1. The van der Waals surface area contributed by atoms with Crippen LogP contribution >= 0.6 is 0 Å². The summed E-state index contributed by atoms with van der Waals surface area (Å²) in [6.07, 6.45) is 1.43. The first-order valence-electron chi connectivity index (χ1n) is 8.77. The molecule has 7 heteroatoms. The summed E-state index contributed by atoms with van der Waals surface area (Å²) >= 11 is 0. The number of amides is 1. The van der Waals surface area contributed by atoms with Crippen molar-refractivity contribution < 1.29 is 22.7 Å². The molecule has 1 atom stereocenters. The van der Waals surface area contributed by atoms with Crippen LogP contribution in [-0.2, 0) is 9.84 Å². The molecule has 1 unspecified atom stereocenters. The molecule has 1 fully saturated rings. The second-order valence-corrected chi connectivity index (χ2v) is 8.46. The Balaban J connectivity index is 1.86. The van der Waals surface area contributed by atoms with Crippen LogP contribution in [-0.4, -0.2) is 51.8 Å². The molecule has 144 valence electrons. The fraction of sp³-hybridized carbons (Fsp3) is 0.350. The van der Waals surface area contributed by atoms with Crippen LogP contribution in [0.1, 0.15) is 23.2 Å². The number of carbonyl (C=O) groups excluding carboxylic acids is 1. The van der Waals surface area contributed by atoms with E-state index in [4.69, 9.17) is 9.47 Å². The summed E-state index contributed by atoms with van der Waals surface area (Å²) in [6.45, 7) is 0.522. The number of para-hydroxylation sites is 1. The maximum atomic E-state index is 13.1. The van der Waals surface area contributed by atoms with Crippen molar-refractivity contribution in [3.8, 4) is 11.5 Å². The van der Waals surface area contributed by atoms with E-state index < -0.39 is 9.84 Å². The third-order valence-corrected chi connectivity index (χ3v) is 6.60. The number of benzene rings is 2. The van der Waals surface area contributed by atoms with Crippen molar-refractivity contribution >= 4 is 15.7 Å². The van der Waals surface area contributed by atoms with Crippen molar-refractivity contribution in [2.75, 3.05) is 26.5 Å². The fourth-order valence-electron chi connectivity index (χ4n) is 3.46. The second kappa shape index (κ2) is 8.00. The van der Waals surface area contributed by atoms with Crippen LogP contribution in [0, 0.1) is 0 Å². The topological polar surface area (TPSA) is 72.9 Å². The lowest BCUT2D eigenvalue weighted by molar-refractivity contribution is 0.0745. The molecule has 1 aliphatic rings. The number of rotatable bonds is 6. The fourth-order valence-corrected chi connectivity index (χ4v) is 5.08. The van der Waals surface area contributed by atoms with E-state index in [-0.39, 0.29) is 22.6 Å². The monoisotopic (exact) mass is 389 g/mol. The Morgan fingerprint density at radius 2 is 1.81 bits per heavy atom. The van der Waals surface area contributed by atoms with Crippen molar-refractivity contribution in [2.45, 2.75) is 23.8 Å². The highest BCUT2D eigenvalue weighted by atomic mass is 32.2. The van der Waals surface area contributed by atoms with Gasteiger partial charge in [0.15, 0.2) is 21.3 Å². The van der Waals surface area contributed by atoms with Crippen LogP contribution in [0.5, 0.6) is 11.5 Å². The number of hydrogen-bond donors (Lipinski definition) is 0. The summed E-state index contributed by atoms with van der Waals surface area (Å²) in [5, 5.41) is 0. The third kappa shape index (κ3) is 3.93. The normalized spacial score (nSPS) is 17.0. The molecular weight excluding hydrogens is 366 g/mol. The highest BCUT2D eigenvalue weighted by Crippen LogP contribution is 2.33. The standard InChI is InChI=1S/C20H23NO5S/c1-25-18-12-6-11-17(19(18)26-2)20(22)21-13-7-8-15(21)14-27(23,24)16-9-4-3-5-10-16/h3-6,9-12,15H,7-8,13-14H2,1-2H3. The molecule has 0 N–H and O–H groups in total. The molecule has 1 heterocycles. The summed E-state index contributed by atoms with van der Waals surface area (Å²) in [6, 6.07) is 13.1. The molecule has 0 radical (unpaired) electrons. The summed E-state index contributed by atoms with van der Waals surface area (Å²) in [5.74, 6) is 0.503. The van der Waals surface area contributed by atoms with Crippen LogP contribution in [0.2, 0.25) is 0 Å². The highest BCUT2D eigenvalue weighted by Gasteiger charge is 2.34. The second-order valence-electron chi connectivity index (χ2n) is 6.43. The number of carbonyl (C=O) groups is 1. The zero-order chi connectivity index (χ0) is 19.4. The summed E-state index contributed by atoms with van der Waals surface area (Å²) in [5.41, 5.74) is 0.376. The van der Waals surface area contributed by atoms with E-state index in [0.29, 0.717) is 30.0 Å². The Bertz CT molecular complexity index is 911. The number of methoxy groups -OCH3 is 2. The van der Waals surface area contributed by atoms with Gasteiger partial charge in [0.05, 0.1) is 30.4 Å². The van der Waals surface area contributed by atoms with Crippen molar-refractivity contribution in [3.05, 3.63) is 54.1 Å². The molecule has 1 saturated heterocycles. The lowest BCUT2D eigenvalue weighted by atomic mass is 10.1. The van der Waals surface area contributed by atoms with Gasteiger partial charge in [-0.15, -0.1) is 0 Å². The average molecular weight is 389 g/mol. The number of ether oxygens (including phenoxy) is 2. The predicted molar refractivity (Wildman–Crippen MR) is 102 cm³/mol. The first-order chi connectivity index (χ1) is 13.0. The number of sulfone groups is 1. The summed E-state index contributed by atoms with van der Waals surface area (Å²) < 4.78 is 36.1. The Morgan fingerprint density at radius 3 is 2.48 bits per heavy atom. The molecule has 0 aliphatic carbocycles. The van der Waals surface area contributed by atoms with Gasteiger partial charge in [-0.05, 0) is 37.1 Å². The molecule has 27 heavy (non-hydrogen) atoms. The molecule has 2 aromatic rings. The maximum absolute atomic E-state index is 13.1. The summed E-state index contributed by atoms with van der Waals surface area (Å²) in [4.78, 5) is 15.0. The van der Waals surface area contributed by atoms with Gasteiger partial charge in [-0.25, -0.2) is 8.42 Å². The van der Waals surface area contributed by atoms with Crippen molar-refractivity contribution in [1.82, 2.24) is 4.90 Å². The Kier molecular flexibility index (Phi) is 5.70. The van der Waals surface area contributed by atoms with Crippen LogP contribution in [0.3, 0.4) is 0 Å². The number of nitrogens with zero attached hydrogens (tertiary/aromatic N) is 1. The van der Waals surface area contributed by atoms with Crippen LogP contribution in [0.25, 0.3) is 0 Å². The molecule has 1 amide bonds. The summed E-state index contributed by atoms with van der Waals surface area (Å²) in [7, 11) is -0.477. The van der Waals surface area contributed by atoms with E-state index in [1.165, 1.54) is 14.2 Å². The zero-order valence-corrected chi connectivity index (χ0v) is 16.2. The molecule has 0 bridgehead atoms. The van der Waals surface area contributed by atoms with E-state index >= 15 is 0 Å². The molecule has 1 aliphatic heterocycles. The van der Waals surface area contributed by atoms with E-state index in [1.807, 2.05) is 0 Å². The average Bonchev–Trinajstić information content (AvgIpc) is 3.14. The van der Waals surface area contributed by atoms with Crippen molar-refractivity contribution in [2.24, 2.45) is 0 Å². The zero-order valence-electron chi connectivity index (χ0n) is 15.4. The van der Waals surface area contributed by atoms with Gasteiger partial charge < -0.3 is 14.4 Å². The first kappa shape index (κ1) is 19.2. The highest BCUT2D eigenvalue weighted by molar-refractivity contribution is 7.91. The minimum Gasteiger partial charge on any atom is -0.493 e. The van der Waals surface area contributed by atoms with E-state index in [0.717, 1.165) is 6.42 Å². The van der Waals surface area contributed by atoms with E-state index in [9.17, 15) is 13.2 Å². The van der Waals surface area contributed by atoms with Crippen LogP contribution in [0.4, 0.5) is 0 Å². The minimum absolute atomic E-state index is 0.0883. The van der Waals surface area contributed by atoms with Gasteiger partial charge in [0, 0.05) is 12.6 Å². The van der Waals surface area contributed by atoms with Gasteiger partial charge in [0.2, 0.25) is 0 Å². The van der Waals surface area contributed by atoms with Crippen molar-refractivity contribution in [3.63, 3.8) is 0 Å². The van der Waals surface area contributed by atoms with Gasteiger partial charge in [-0.2, -0.15) is 0 Å². The van der Waals surface area contributed by atoms with Gasteiger partial charge in [-0.3, -0.25) is 4.79 Å². The number of hydrogen-bond acceptors (Lipinski definition) is 5. The Hall–Kier alpha value is -2.54. The van der Waals surface area contributed by atoms with Gasteiger partial charge in [0.25, 0.3) is 5.91 Å². The molecule has 6 nitrogen and oxygen atoms in total. The molecule has 0 saturated carbocycles. The maximum Gasteiger partial charge on any atom is 0.258 e. The van der Waals surface area contributed by atoms with E-state index in [2.05, 4.69) is 0 Å². The SMILES string of the molecule is COc1cccc(C(=O)N2CCCC2CS(=O)(=O)c2ccccc2)c1OC.